The fourth-order valence-electron chi connectivity index (χ4n) is 1.52. The smallest absolute Gasteiger partial charge is 0.240 e. The van der Waals surface area contributed by atoms with E-state index >= 15 is 0 Å². The minimum absolute atomic E-state index is 0.0125. The molecule has 2 N–H and O–H groups in total. The first kappa shape index (κ1) is 10.8. The van der Waals surface area contributed by atoms with Gasteiger partial charge in [0.1, 0.15) is 6.54 Å². The van der Waals surface area contributed by atoms with Crippen molar-refractivity contribution in [3.8, 4) is 0 Å². The highest BCUT2D eigenvalue weighted by atomic mass is 32.2. The number of nitrogens with one attached hydrogen (secondary N) is 1. The number of aliphatic hydroxyl groups excluding tert-OH is 1. The second-order valence-corrected chi connectivity index (χ2v) is 5.01. The van der Waals surface area contributed by atoms with Crippen LogP contribution < -0.4 is 5.32 Å². The van der Waals surface area contributed by atoms with Crippen molar-refractivity contribution in [3.63, 3.8) is 0 Å². The van der Waals surface area contributed by atoms with Gasteiger partial charge in [0, 0.05) is 0 Å². The molecule has 1 heterocycles. The van der Waals surface area contributed by atoms with Crippen LogP contribution in [0.5, 0.6) is 0 Å². The summed E-state index contributed by atoms with van der Waals surface area (Å²) in [6.45, 7) is 0.106. The predicted octanol–water partition coefficient (Wildman–Crippen LogP) is -0.840. The molecule has 84 valence electrons. The molecule has 0 aromatic carbocycles. The number of carbonyl (C=O) groups is 2. The van der Waals surface area contributed by atoms with Gasteiger partial charge in [-0.3, -0.25) is 9.59 Å². The highest BCUT2D eigenvalue weighted by Gasteiger charge is 2.43. The summed E-state index contributed by atoms with van der Waals surface area (Å²) in [5, 5.41) is 11.8. The number of thioether (sulfide) groups is 1. The van der Waals surface area contributed by atoms with E-state index in [1.54, 1.807) is 0 Å². The summed E-state index contributed by atoms with van der Waals surface area (Å²) in [6, 6.07) is 0. The molecule has 2 rings (SSSR count). The van der Waals surface area contributed by atoms with Crippen LogP contribution in [-0.2, 0) is 9.59 Å². The van der Waals surface area contributed by atoms with Gasteiger partial charge in [-0.1, -0.05) is 0 Å². The summed E-state index contributed by atoms with van der Waals surface area (Å²) in [7, 11) is 0. The van der Waals surface area contributed by atoms with Crippen molar-refractivity contribution < 1.29 is 14.7 Å². The molecule has 0 spiro atoms. The van der Waals surface area contributed by atoms with Crippen LogP contribution in [0.3, 0.4) is 0 Å². The summed E-state index contributed by atoms with van der Waals surface area (Å²) in [5.74, 6) is 0.915. The monoisotopic (exact) mass is 230 g/mol. The topological polar surface area (TPSA) is 69.6 Å². The lowest BCUT2D eigenvalue weighted by Gasteiger charge is -2.18. The Hall–Kier alpha value is -0.750. The molecule has 2 amide bonds. The summed E-state index contributed by atoms with van der Waals surface area (Å²) in [4.78, 5) is 24.3. The second-order valence-electron chi connectivity index (χ2n) is 4.06. The Bertz CT molecular complexity index is 291. The molecule has 1 aliphatic heterocycles. The summed E-state index contributed by atoms with van der Waals surface area (Å²) >= 11 is 1.52. The van der Waals surface area contributed by atoms with E-state index in [0.717, 1.165) is 12.8 Å². The molecule has 0 aromatic rings. The van der Waals surface area contributed by atoms with Crippen LogP contribution in [0.1, 0.15) is 12.8 Å². The van der Waals surface area contributed by atoms with E-state index in [1.807, 2.05) is 0 Å². The molecule has 1 saturated carbocycles. The van der Waals surface area contributed by atoms with Crippen LogP contribution in [0.25, 0.3) is 0 Å². The summed E-state index contributed by atoms with van der Waals surface area (Å²) in [5.41, 5.74) is -0.382. The fraction of sp³-hybridized carbons (Fsp3) is 0.778. The molecule has 0 unspecified atom stereocenters. The largest absolute Gasteiger partial charge is 0.394 e. The van der Waals surface area contributed by atoms with Crippen molar-refractivity contribution in [1.29, 1.82) is 0 Å². The zero-order valence-corrected chi connectivity index (χ0v) is 9.18. The van der Waals surface area contributed by atoms with Crippen molar-refractivity contribution in [3.05, 3.63) is 0 Å². The standard InChI is InChI=1S/C9H14N2O3S/c12-5-9(1-2-9)10-7(13)3-11-6-15-4-8(11)14/h12H,1-6H2,(H,10,13). The molecule has 1 saturated heterocycles. The van der Waals surface area contributed by atoms with Crippen LogP contribution in [0.2, 0.25) is 0 Å². The molecule has 0 aromatic heterocycles. The molecule has 2 fully saturated rings. The van der Waals surface area contributed by atoms with Gasteiger partial charge < -0.3 is 15.3 Å². The normalized spacial score (nSPS) is 23.0. The van der Waals surface area contributed by atoms with E-state index < -0.39 is 0 Å². The summed E-state index contributed by atoms with van der Waals surface area (Å²) in [6.07, 6.45) is 1.66. The van der Waals surface area contributed by atoms with Gasteiger partial charge in [0.15, 0.2) is 0 Å². The quantitative estimate of drug-likeness (QED) is 0.661. The number of amides is 2. The van der Waals surface area contributed by atoms with Crippen LogP contribution in [-0.4, -0.2) is 52.1 Å². The molecule has 0 radical (unpaired) electrons. The van der Waals surface area contributed by atoms with Gasteiger partial charge in [-0.05, 0) is 12.8 Å². The lowest BCUT2D eigenvalue weighted by molar-refractivity contribution is -0.132. The Morgan fingerprint density at radius 1 is 1.60 bits per heavy atom. The van der Waals surface area contributed by atoms with Gasteiger partial charge >= 0.3 is 0 Å². The number of hydrogen-bond acceptors (Lipinski definition) is 4. The maximum atomic E-state index is 11.5. The van der Waals surface area contributed by atoms with E-state index in [0.29, 0.717) is 11.6 Å². The molecule has 15 heavy (non-hydrogen) atoms. The molecule has 5 nitrogen and oxygen atoms in total. The average molecular weight is 230 g/mol. The zero-order valence-electron chi connectivity index (χ0n) is 8.36. The summed E-state index contributed by atoms with van der Waals surface area (Å²) < 4.78 is 0. The van der Waals surface area contributed by atoms with Gasteiger partial charge in [-0.25, -0.2) is 0 Å². The van der Waals surface area contributed by atoms with Crippen LogP contribution >= 0.6 is 11.8 Å². The van der Waals surface area contributed by atoms with Crippen molar-refractivity contribution in [2.24, 2.45) is 0 Å². The first-order valence-electron chi connectivity index (χ1n) is 4.93. The van der Waals surface area contributed by atoms with Crippen LogP contribution in [0.15, 0.2) is 0 Å². The molecule has 2 aliphatic rings. The minimum atomic E-state index is -0.382. The Labute approximate surface area is 92.2 Å². The van der Waals surface area contributed by atoms with Crippen molar-refractivity contribution >= 4 is 23.6 Å². The van der Waals surface area contributed by atoms with Gasteiger partial charge in [-0.2, -0.15) is 0 Å². The van der Waals surface area contributed by atoms with Crippen molar-refractivity contribution in [2.75, 3.05) is 24.8 Å². The van der Waals surface area contributed by atoms with Gasteiger partial charge in [0.05, 0.1) is 23.8 Å². The number of hydrogen-bond donors (Lipinski definition) is 2. The number of aliphatic hydroxyl groups is 1. The highest BCUT2D eigenvalue weighted by molar-refractivity contribution is 8.00. The Balaban J connectivity index is 1.79. The fourth-order valence-corrected chi connectivity index (χ4v) is 2.43. The predicted molar refractivity (Wildman–Crippen MR) is 56.2 cm³/mol. The first-order valence-corrected chi connectivity index (χ1v) is 6.08. The first-order chi connectivity index (χ1) is 7.15. The third-order valence-electron chi connectivity index (χ3n) is 2.72. The van der Waals surface area contributed by atoms with E-state index in [2.05, 4.69) is 5.32 Å². The highest BCUT2D eigenvalue weighted by Crippen LogP contribution is 2.34. The van der Waals surface area contributed by atoms with Gasteiger partial charge in [-0.15, -0.1) is 11.8 Å². The lowest BCUT2D eigenvalue weighted by Crippen LogP contribution is -2.45. The van der Waals surface area contributed by atoms with E-state index in [-0.39, 0.29) is 30.5 Å². The molecular weight excluding hydrogens is 216 g/mol. The minimum Gasteiger partial charge on any atom is -0.394 e. The number of rotatable bonds is 4. The third-order valence-corrected chi connectivity index (χ3v) is 3.67. The Morgan fingerprint density at radius 2 is 2.33 bits per heavy atom. The van der Waals surface area contributed by atoms with Crippen molar-refractivity contribution in [2.45, 2.75) is 18.4 Å². The molecule has 6 heteroatoms. The van der Waals surface area contributed by atoms with Crippen molar-refractivity contribution in [1.82, 2.24) is 10.2 Å². The molecule has 1 aliphatic carbocycles. The van der Waals surface area contributed by atoms with E-state index in [9.17, 15) is 9.59 Å². The maximum Gasteiger partial charge on any atom is 0.240 e. The maximum absolute atomic E-state index is 11.5. The Kier molecular flexibility index (Phi) is 2.88. The lowest BCUT2D eigenvalue weighted by atomic mass is 10.3. The molecule has 0 bridgehead atoms. The second kappa shape index (κ2) is 4.02. The molecular formula is C9H14N2O3S. The van der Waals surface area contributed by atoms with Crippen LogP contribution in [0.4, 0.5) is 0 Å². The zero-order chi connectivity index (χ0) is 10.9. The number of nitrogens with zero attached hydrogens (tertiary/aromatic N) is 1. The Morgan fingerprint density at radius 3 is 2.80 bits per heavy atom. The van der Waals surface area contributed by atoms with Gasteiger partial charge in [0.2, 0.25) is 11.8 Å². The van der Waals surface area contributed by atoms with E-state index in [1.165, 1.54) is 16.7 Å². The van der Waals surface area contributed by atoms with Crippen LogP contribution in [0, 0.1) is 0 Å². The van der Waals surface area contributed by atoms with Gasteiger partial charge in [0.25, 0.3) is 0 Å². The average Bonchev–Trinajstić information content (AvgIpc) is 2.86. The SMILES string of the molecule is O=C(CN1CSCC1=O)NC1(CO)CC1. The molecule has 0 atom stereocenters. The third kappa shape index (κ3) is 2.43. The number of carbonyl (C=O) groups excluding carboxylic acids is 2. The van der Waals surface area contributed by atoms with E-state index in [4.69, 9.17) is 5.11 Å².